The second-order valence-electron chi connectivity index (χ2n) is 5.44. The molecule has 0 bridgehead atoms. The first-order chi connectivity index (χ1) is 11.2. The third-order valence-corrected chi connectivity index (χ3v) is 3.62. The largest absolute Gasteiger partial charge is 0.449 e. The average Bonchev–Trinajstić information content (AvgIpc) is 2.90. The molecule has 6 nitrogen and oxygen atoms in total. The molecule has 0 amide bonds. The first-order valence-electron chi connectivity index (χ1n) is 8.05. The Hall–Kier alpha value is -2.50. The molecule has 6 heteroatoms. The van der Waals surface area contributed by atoms with Crippen molar-refractivity contribution in [2.75, 3.05) is 6.61 Å². The van der Waals surface area contributed by atoms with Crippen LogP contribution >= 0.6 is 0 Å². The van der Waals surface area contributed by atoms with Crippen molar-refractivity contribution >= 4 is 28.4 Å². The number of fused-ring (bicyclic) bond motifs is 2. The summed E-state index contributed by atoms with van der Waals surface area (Å²) in [6.07, 6.45) is 2.96. The number of aromatic nitrogens is 4. The Morgan fingerprint density at radius 1 is 1.09 bits per heavy atom. The first-order valence-corrected chi connectivity index (χ1v) is 8.05. The Balaban J connectivity index is 2.10. The van der Waals surface area contributed by atoms with E-state index in [1.54, 1.807) is 0 Å². The fourth-order valence-electron chi connectivity index (χ4n) is 2.45. The molecule has 0 N–H and O–H groups in total. The van der Waals surface area contributed by atoms with Crippen LogP contribution in [0.1, 0.15) is 38.9 Å². The lowest BCUT2D eigenvalue weighted by Crippen LogP contribution is -2.17. The smallest absolute Gasteiger partial charge is 0.421 e. The van der Waals surface area contributed by atoms with Crippen molar-refractivity contribution in [3.63, 3.8) is 0 Å². The van der Waals surface area contributed by atoms with Gasteiger partial charge < -0.3 is 4.74 Å². The lowest BCUT2D eigenvalue weighted by atomic mass is 10.3. The summed E-state index contributed by atoms with van der Waals surface area (Å²) in [4.78, 5) is 26.0. The van der Waals surface area contributed by atoms with E-state index in [2.05, 4.69) is 21.9 Å². The van der Waals surface area contributed by atoms with Gasteiger partial charge in [0.1, 0.15) is 5.82 Å². The van der Waals surface area contributed by atoms with E-state index in [0.717, 1.165) is 30.3 Å². The minimum absolute atomic E-state index is 0.404. The van der Waals surface area contributed by atoms with E-state index in [-0.39, 0.29) is 0 Å². The van der Waals surface area contributed by atoms with E-state index in [9.17, 15) is 4.79 Å². The van der Waals surface area contributed by atoms with Gasteiger partial charge in [-0.1, -0.05) is 32.4 Å². The van der Waals surface area contributed by atoms with Crippen LogP contribution in [0.15, 0.2) is 24.3 Å². The lowest BCUT2D eigenvalue weighted by molar-refractivity contribution is 0.146. The number of rotatable bonds is 5. The minimum Gasteiger partial charge on any atom is -0.449 e. The molecule has 3 rings (SSSR count). The Morgan fingerprint density at radius 2 is 1.83 bits per heavy atom. The van der Waals surface area contributed by atoms with Gasteiger partial charge in [0.05, 0.1) is 17.6 Å². The van der Waals surface area contributed by atoms with Gasteiger partial charge >= 0.3 is 6.09 Å². The number of aryl methyl sites for hydroxylation is 1. The van der Waals surface area contributed by atoms with Gasteiger partial charge in [-0.3, -0.25) is 0 Å². The van der Waals surface area contributed by atoms with Crippen LogP contribution < -0.4 is 0 Å². The van der Waals surface area contributed by atoms with E-state index >= 15 is 0 Å². The van der Waals surface area contributed by atoms with Crippen molar-refractivity contribution in [2.45, 2.75) is 39.5 Å². The Bertz CT molecular complexity index is 841. The number of carbonyl (C=O) groups is 1. The first kappa shape index (κ1) is 15.4. The van der Waals surface area contributed by atoms with Crippen LogP contribution in [-0.2, 0) is 11.2 Å². The third kappa shape index (κ3) is 3.02. The van der Waals surface area contributed by atoms with E-state index in [1.165, 1.54) is 4.57 Å². The summed E-state index contributed by atoms with van der Waals surface area (Å²) in [6.45, 7) is 4.51. The molecule has 120 valence electrons. The quantitative estimate of drug-likeness (QED) is 0.672. The fraction of sp³-hybridized carbons (Fsp3) is 0.412. The Labute approximate surface area is 134 Å². The number of carbonyl (C=O) groups excluding carboxylic acids is 1. The third-order valence-electron chi connectivity index (χ3n) is 3.62. The molecule has 0 aliphatic carbocycles. The zero-order valence-electron chi connectivity index (χ0n) is 13.5. The molecular weight excluding hydrogens is 292 g/mol. The van der Waals surface area contributed by atoms with E-state index in [4.69, 9.17) is 4.74 Å². The summed E-state index contributed by atoms with van der Waals surface area (Å²) in [5.41, 5.74) is 2.46. The molecule has 0 spiro atoms. The number of ether oxygens (including phenoxy) is 1. The fourth-order valence-corrected chi connectivity index (χ4v) is 2.45. The topological polar surface area (TPSA) is 69.9 Å². The van der Waals surface area contributed by atoms with Gasteiger partial charge in [0.25, 0.3) is 0 Å². The number of benzene rings is 1. The van der Waals surface area contributed by atoms with Gasteiger partial charge in [-0.05, 0) is 25.0 Å². The molecule has 0 aliphatic heterocycles. The standard InChI is InChI=1S/C17H20N4O2/c1-3-5-11-23-17(22)21-14(8-4-2)20-15-16(21)19-13-10-7-6-9-12(13)18-15/h6-7,9-10H,3-5,8,11H2,1-2H3. The zero-order chi connectivity index (χ0) is 16.2. The molecular formula is C17H20N4O2. The van der Waals surface area contributed by atoms with Gasteiger partial charge in [0.15, 0.2) is 11.3 Å². The predicted molar refractivity (Wildman–Crippen MR) is 88.5 cm³/mol. The van der Waals surface area contributed by atoms with Crippen molar-refractivity contribution < 1.29 is 9.53 Å². The molecule has 0 fully saturated rings. The molecule has 2 aromatic heterocycles. The van der Waals surface area contributed by atoms with Crippen molar-refractivity contribution in [1.29, 1.82) is 0 Å². The number of unbranched alkanes of at least 4 members (excludes halogenated alkanes) is 1. The molecule has 0 radical (unpaired) electrons. The molecule has 1 aromatic carbocycles. The second-order valence-corrected chi connectivity index (χ2v) is 5.44. The summed E-state index contributed by atoms with van der Waals surface area (Å²) < 4.78 is 6.82. The number of imidazole rings is 1. The molecule has 0 atom stereocenters. The van der Waals surface area contributed by atoms with Crippen molar-refractivity contribution in [3.05, 3.63) is 30.1 Å². The highest BCUT2D eigenvalue weighted by Gasteiger charge is 2.20. The van der Waals surface area contributed by atoms with Crippen LogP contribution in [0.4, 0.5) is 4.79 Å². The van der Waals surface area contributed by atoms with E-state index < -0.39 is 6.09 Å². The highest BCUT2D eigenvalue weighted by Crippen LogP contribution is 2.18. The monoisotopic (exact) mass is 312 g/mol. The highest BCUT2D eigenvalue weighted by molar-refractivity contribution is 5.88. The minimum atomic E-state index is -0.422. The van der Waals surface area contributed by atoms with Crippen molar-refractivity contribution in [3.8, 4) is 0 Å². The number of para-hydroxylation sites is 2. The van der Waals surface area contributed by atoms with Gasteiger partial charge in [0, 0.05) is 6.42 Å². The number of hydrogen-bond acceptors (Lipinski definition) is 5. The molecule has 2 heterocycles. The maximum Gasteiger partial charge on any atom is 0.421 e. The van der Waals surface area contributed by atoms with Crippen LogP contribution in [0.3, 0.4) is 0 Å². The van der Waals surface area contributed by atoms with Gasteiger partial charge in [-0.25, -0.2) is 24.3 Å². The van der Waals surface area contributed by atoms with Crippen LogP contribution in [0, 0.1) is 0 Å². The van der Waals surface area contributed by atoms with Crippen LogP contribution in [-0.4, -0.2) is 32.2 Å². The molecule has 0 saturated carbocycles. The molecule has 23 heavy (non-hydrogen) atoms. The molecule has 3 aromatic rings. The van der Waals surface area contributed by atoms with Crippen molar-refractivity contribution in [2.24, 2.45) is 0 Å². The van der Waals surface area contributed by atoms with Crippen LogP contribution in [0.2, 0.25) is 0 Å². The Kier molecular flexibility index (Phi) is 4.50. The summed E-state index contributed by atoms with van der Waals surface area (Å²) >= 11 is 0. The average molecular weight is 312 g/mol. The zero-order valence-corrected chi connectivity index (χ0v) is 13.5. The normalized spacial score (nSPS) is 11.2. The predicted octanol–water partition coefficient (Wildman–Crippen LogP) is 3.72. The maximum atomic E-state index is 12.5. The molecule has 0 unspecified atom stereocenters. The maximum absolute atomic E-state index is 12.5. The van der Waals surface area contributed by atoms with Gasteiger partial charge in [0.2, 0.25) is 0 Å². The SMILES string of the molecule is CCCCOC(=O)n1c(CCC)nc2nc3ccccc3nc21. The van der Waals surface area contributed by atoms with Crippen LogP contribution in [0.25, 0.3) is 22.3 Å². The van der Waals surface area contributed by atoms with Gasteiger partial charge in [-0.2, -0.15) is 0 Å². The number of hydrogen-bond donors (Lipinski definition) is 0. The van der Waals surface area contributed by atoms with Crippen LogP contribution in [0.5, 0.6) is 0 Å². The number of nitrogens with zero attached hydrogens (tertiary/aromatic N) is 4. The summed E-state index contributed by atoms with van der Waals surface area (Å²) in [5, 5.41) is 0. The highest BCUT2D eigenvalue weighted by atomic mass is 16.5. The van der Waals surface area contributed by atoms with Crippen molar-refractivity contribution in [1.82, 2.24) is 19.5 Å². The second kappa shape index (κ2) is 6.73. The Morgan fingerprint density at radius 3 is 2.52 bits per heavy atom. The van der Waals surface area contributed by atoms with E-state index in [0.29, 0.717) is 30.1 Å². The van der Waals surface area contributed by atoms with Gasteiger partial charge in [-0.15, -0.1) is 0 Å². The summed E-state index contributed by atoms with van der Waals surface area (Å²) in [6, 6.07) is 7.57. The lowest BCUT2D eigenvalue weighted by Gasteiger charge is -2.07. The summed E-state index contributed by atoms with van der Waals surface area (Å²) in [5.74, 6) is 0.652. The van der Waals surface area contributed by atoms with E-state index in [1.807, 2.05) is 31.2 Å². The molecule has 0 aliphatic rings. The molecule has 0 saturated heterocycles. The summed E-state index contributed by atoms with van der Waals surface area (Å²) in [7, 11) is 0.